The third-order valence-corrected chi connectivity index (χ3v) is 5.84. The van der Waals surface area contributed by atoms with Crippen molar-refractivity contribution in [2.24, 2.45) is 14.1 Å². The Morgan fingerprint density at radius 2 is 1.93 bits per heavy atom. The first-order valence-electron chi connectivity index (χ1n) is 9.84. The summed E-state index contributed by atoms with van der Waals surface area (Å²) >= 11 is 0. The predicted molar refractivity (Wildman–Crippen MR) is 109 cm³/mol. The maximum absolute atomic E-state index is 12.9. The van der Waals surface area contributed by atoms with Crippen LogP contribution in [0.15, 0.2) is 43.0 Å². The highest BCUT2D eigenvalue weighted by molar-refractivity contribution is 6.05. The van der Waals surface area contributed by atoms with Gasteiger partial charge in [0.15, 0.2) is 0 Å². The zero-order valence-corrected chi connectivity index (χ0v) is 16.8. The van der Waals surface area contributed by atoms with Crippen LogP contribution in [0.4, 0.5) is 0 Å². The number of benzene rings is 1. The summed E-state index contributed by atoms with van der Waals surface area (Å²) in [6.07, 6.45) is 6.42. The number of hydrogen-bond donors (Lipinski definition) is 1. The van der Waals surface area contributed by atoms with Gasteiger partial charge in [0.05, 0.1) is 17.7 Å². The lowest BCUT2D eigenvalue weighted by Crippen LogP contribution is -2.52. The SMILES string of the molecule is Cn1ccc(-c2c(-c3ccc4c(c3)CN([C@H]3CCC(=O)NC3=O)C4=O)ncn2C)c1. The van der Waals surface area contributed by atoms with Crippen LogP contribution >= 0.6 is 0 Å². The fraction of sp³-hybridized carbons (Fsp3) is 0.273. The minimum atomic E-state index is -0.610. The first-order chi connectivity index (χ1) is 14.4. The molecule has 4 heterocycles. The van der Waals surface area contributed by atoms with Gasteiger partial charge >= 0.3 is 0 Å². The van der Waals surface area contributed by atoms with Crippen LogP contribution in [0.25, 0.3) is 22.5 Å². The largest absolute Gasteiger partial charge is 0.357 e. The van der Waals surface area contributed by atoms with Crippen molar-refractivity contribution in [3.8, 4) is 22.5 Å². The summed E-state index contributed by atoms with van der Waals surface area (Å²) in [5, 5.41) is 2.33. The normalized spacial score (nSPS) is 18.7. The molecule has 1 fully saturated rings. The summed E-state index contributed by atoms with van der Waals surface area (Å²) in [6.45, 7) is 0.349. The third kappa shape index (κ3) is 2.83. The number of imidazole rings is 1. The molecule has 3 aromatic rings. The highest BCUT2D eigenvalue weighted by atomic mass is 16.2. The van der Waals surface area contributed by atoms with Gasteiger partial charge in [0, 0.05) is 56.1 Å². The highest BCUT2D eigenvalue weighted by Crippen LogP contribution is 2.35. The maximum atomic E-state index is 12.9. The van der Waals surface area contributed by atoms with E-state index in [0.717, 1.165) is 28.1 Å². The number of amides is 3. The molecule has 1 aromatic carbocycles. The second kappa shape index (κ2) is 6.69. The molecule has 0 saturated carbocycles. The number of carbonyl (C=O) groups excluding carboxylic acids is 3. The van der Waals surface area contributed by atoms with Crippen LogP contribution in [0.3, 0.4) is 0 Å². The van der Waals surface area contributed by atoms with Gasteiger partial charge in [0.2, 0.25) is 11.8 Å². The van der Waals surface area contributed by atoms with Gasteiger partial charge in [-0.15, -0.1) is 0 Å². The molecule has 30 heavy (non-hydrogen) atoms. The third-order valence-electron chi connectivity index (χ3n) is 5.84. The number of nitrogens with zero attached hydrogens (tertiary/aromatic N) is 4. The van der Waals surface area contributed by atoms with Crippen LogP contribution in [0, 0.1) is 0 Å². The molecule has 8 heteroatoms. The molecule has 3 amide bonds. The predicted octanol–water partition coefficient (Wildman–Crippen LogP) is 1.85. The van der Waals surface area contributed by atoms with E-state index >= 15 is 0 Å². The van der Waals surface area contributed by atoms with Crippen LogP contribution in [-0.2, 0) is 30.2 Å². The quantitative estimate of drug-likeness (QED) is 0.676. The van der Waals surface area contributed by atoms with E-state index in [1.165, 1.54) is 0 Å². The number of aromatic nitrogens is 3. The van der Waals surface area contributed by atoms with Gasteiger partial charge in [-0.25, -0.2) is 4.98 Å². The van der Waals surface area contributed by atoms with Gasteiger partial charge < -0.3 is 14.0 Å². The van der Waals surface area contributed by atoms with Gasteiger partial charge in [0.1, 0.15) is 6.04 Å². The molecule has 8 nitrogen and oxygen atoms in total. The number of imide groups is 1. The summed E-state index contributed by atoms with van der Waals surface area (Å²) in [5.41, 5.74) is 5.30. The summed E-state index contributed by atoms with van der Waals surface area (Å²) in [5.74, 6) is -0.856. The second-order valence-electron chi connectivity index (χ2n) is 7.89. The molecule has 0 spiro atoms. The van der Waals surface area contributed by atoms with E-state index < -0.39 is 11.9 Å². The van der Waals surface area contributed by atoms with Gasteiger partial charge in [-0.1, -0.05) is 6.07 Å². The first-order valence-corrected chi connectivity index (χ1v) is 9.84. The Labute approximate surface area is 173 Å². The van der Waals surface area contributed by atoms with E-state index in [9.17, 15) is 14.4 Å². The highest BCUT2D eigenvalue weighted by Gasteiger charge is 2.39. The molecule has 0 unspecified atom stereocenters. The van der Waals surface area contributed by atoms with Gasteiger partial charge in [-0.3, -0.25) is 19.7 Å². The van der Waals surface area contributed by atoms with Crippen molar-refractivity contribution in [3.63, 3.8) is 0 Å². The molecule has 0 radical (unpaired) electrons. The van der Waals surface area contributed by atoms with E-state index in [-0.39, 0.29) is 18.2 Å². The average Bonchev–Trinajstić information content (AvgIpc) is 3.39. The zero-order chi connectivity index (χ0) is 21.0. The summed E-state index contributed by atoms with van der Waals surface area (Å²) in [6, 6.07) is 7.12. The van der Waals surface area contributed by atoms with E-state index in [4.69, 9.17) is 0 Å². The lowest BCUT2D eigenvalue weighted by Gasteiger charge is -2.29. The van der Waals surface area contributed by atoms with Crippen molar-refractivity contribution in [2.75, 3.05) is 0 Å². The molecule has 0 bridgehead atoms. The summed E-state index contributed by atoms with van der Waals surface area (Å²) < 4.78 is 3.98. The molecule has 5 rings (SSSR count). The zero-order valence-electron chi connectivity index (χ0n) is 16.8. The fourth-order valence-corrected chi connectivity index (χ4v) is 4.35. The molecular weight excluding hydrogens is 382 g/mol. The Morgan fingerprint density at radius 1 is 1.10 bits per heavy atom. The molecule has 1 saturated heterocycles. The molecule has 2 aliphatic rings. The van der Waals surface area contributed by atoms with Crippen LogP contribution < -0.4 is 5.32 Å². The minimum absolute atomic E-state index is 0.171. The topological polar surface area (TPSA) is 89.2 Å². The molecule has 0 aliphatic carbocycles. The number of carbonyl (C=O) groups is 3. The number of fused-ring (bicyclic) bond motifs is 1. The molecule has 2 aromatic heterocycles. The number of nitrogens with one attached hydrogen (secondary N) is 1. The van der Waals surface area contributed by atoms with Crippen molar-refractivity contribution in [3.05, 3.63) is 54.1 Å². The molecule has 1 N–H and O–H groups in total. The van der Waals surface area contributed by atoms with Crippen molar-refractivity contribution < 1.29 is 14.4 Å². The van der Waals surface area contributed by atoms with Crippen molar-refractivity contribution in [1.29, 1.82) is 0 Å². The van der Waals surface area contributed by atoms with E-state index in [1.54, 1.807) is 11.2 Å². The summed E-state index contributed by atoms with van der Waals surface area (Å²) in [4.78, 5) is 42.8. The lowest BCUT2D eigenvalue weighted by molar-refractivity contribution is -0.136. The fourth-order valence-electron chi connectivity index (χ4n) is 4.35. The average molecular weight is 403 g/mol. The van der Waals surface area contributed by atoms with Crippen molar-refractivity contribution in [2.45, 2.75) is 25.4 Å². The number of hydrogen-bond acceptors (Lipinski definition) is 4. The van der Waals surface area contributed by atoms with Crippen molar-refractivity contribution in [1.82, 2.24) is 24.3 Å². The van der Waals surface area contributed by atoms with E-state index in [1.807, 2.05) is 59.9 Å². The van der Waals surface area contributed by atoms with Crippen LogP contribution in [0.2, 0.25) is 0 Å². The molecular formula is C22H21N5O3. The Morgan fingerprint density at radius 3 is 2.67 bits per heavy atom. The number of aryl methyl sites for hydroxylation is 2. The van der Waals surface area contributed by atoms with Gasteiger partial charge in [-0.2, -0.15) is 0 Å². The monoisotopic (exact) mass is 403 g/mol. The summed E-state index contributed by atoms with van der Waals surface area (Å²) in [7, 11) is 3.94. The smallest absolute Gasteiger partial charge is 0.255 e. The molecule has 152 valence electrons. The van der Waals surface area contributed by atoms with Crippen molar-refractivity contribution >= 4 is 17.7 Å². The van der Waals surface area contributed by atoms with E-state index in [2.05, 4.69) is 10.3 Å². The van der Waals surface area contributed by atoms with Crippen LogP contribution in [0.5, 0.6) is 0 Å². The Bertz CT molecular complexity index is 1210. The second-order valence-corrected chi connectivity index (χ2v) is 7.89. The minimum Gasteiger partial charge on any atom is -0.357 e. The van der Waals surface area contributed by atoms with E-state index in [0.29, 0.717) is 18.5 Å². The standard InChI is InChI=1S/C22H21N5O3/c1-25-8-7-14(10-25)20-19(23-12-26(20)2)13-3-4-16-15(9-13)11-27(22(16)30)17-5-6-18(28)24-21(17)29/h3-4,7-10,12,17H,5-6,11H2,1-2H3,(H,24,28,29)/t17-/m0/s1. The first kappa shape index (κ1) is 18.4. The number of piperidine rings is 1. The van der Waals surface area contributed by atoms with Gasteiger partial charge in [0.25, 0.3) is 5.91 Å². The Hall–Kier alpha value is -3.68. The Balaban J connectivity index is 1.49. The van der Waals surface area contributed by atoms with Crippen LogP contribution in [0.1, 0.15) is 28.8 Å². The van der Waals surface area contributed by atoms with Gasteiger partial charge in [-0.05, 0) is 30.2 Å². The molecule has 1 atom stereocenters. The number of rotatable bonds is 3. The Kier molecular flexibility index (Phi) is 4.09. The van der Waals surface area contributed by atoms with Crippen LogP contribution in [-0.4, -0.2) is 42.8 Å². The molecule has 2 aliphatic heterocycles. The maximum Gasteiger partial charge on any atom is 0.255 e. The lowest BCUT2D eigenvalue weighted by atomic mass is 10.0.